The lowest BCUT2D eigenvalue weighted by molar-refractivity contribution is -0.121. The van der Waals surface area contributed by atoms with E-state index in [4.69, 9.17) is 9.15 Å². The van der Waals surface area contributed by atoms with Gasteiger partial charge in [0.05, 0.1) is 18.2 Å². The predicted octanol–water partition coefficient (Wildman–Crippen LogP) is 0.512. The fourth-order valence-corrected chi connectivity index (χ4v) is 1.58. The van der Waals surface area contributed by atoms with Gasteiger partial charge in [-0.3, -0.25) is 4.79 Å². The summed E-state index contributed by atoms with van der Waals surface area (Å²) in [5.41, 5.74) is 0.653. The van der Waals surface area contributed by atoms with E-state index >= 15 is 0 Å². The molecule has 82 valence electrons. The Morgan fingerprint density at radius 1 is 1.67 bits per heavy atom. The standard InChI is InChI=1S/C10H14N2O3/c13-10(4-8-6-14-7-12-8)11-5-9-2-1-3-15-9/h6-7,9H,1-5H2,(H,11,13). The molecule has 1 aliphatic rings. The SMILES string of the molecule is O=C(Cc1cocn1)NCC1CCCO1. The number of aromatic nitrogens is 1. The van der Waals surface area contributed by atoms with Gasteiger partial charge in [0.1, 0.15) is 6.26 Å². The third-order valence-corrected chi connectivity index (χ3v) is 2.38. The van der Waals surface area contributed by atoms with Crippen molar-refractivity contribution in [1.29, 1.82) is 0 Å². The molecular formula is C10H14N2O3. The maximum absolute atomic E-state index is 11.4. The van der Waals surface area contributed by atoms with Crippen molar-refractivity contribution in [2.75, 3.05) is 13.2 Å². The van der Waals surface area contributed by atoms with Crippen molar-refractivity contribution in [3.8, 4) is 0 Å². The third kappa shape index (κ3) is 3.06. The molecule has 1 saturated heterocycles. The maximum Gasteiger partial charge on any atom is 0.226 e. The Labute approximate surface area is 87.8 Å². The Balaban J connectivity index is 1.68. The maximum atomic E-state index is 11.4. The van der Waals surface area contributed by atoms with Gasteiger partial charge < -0.3 is 14.5 Å². The van der Waals surface area contributed by atoms with Gasteiger partial charge in [0, 0.05) is 13.2 Å². The highest BCUT2D eigenvalue weighted by Gasteiger charge is 2.16. The van der Waals surface area contributed by atoms with Crippen LogP contribution in [0.3, 0.4) is 0 Å². The normalized spacial score (nSPS) is 20.4. The molecule has 0 radical (unpaired) electrons. The second-order valence-corrected chi connectivity index (χ2v) is 3.60. The van der Waals surface area contributed by atoms with E-state index in [1.165, 1.54) is 12.7 Å². The zero-order valence-corrected chi connectivity index (χ0v) is 8.44. The van der Waals surface area contributed by atoms with Crippen LogP contribution in [-0.2, 0) is 16.0 Å². The summed E-state index contributed by atoms with van der Waals surface area (Å²) in [5, 5.41) is 2.82. The van der Waals surface area contributed by atoms with Gasteiger partial charge in [-0.15, -0.1) is 0 Å². The van der Waals surface area contributed by atoms with Gasteiger partial charge in [0.15, 0.2) is 6.39 Å². The predicted molar refractivity (Wildman–Crippen MR) is 52.2 cm³/mol. The van der Waals surface area contributed by atoms with Crippen LogP contribution in [0, 0.1) is 0 Å². The molecule has 1 fully saturated rings. The van der Waals surface area contributed by atoms with Crippen LogP contribution in [0.2, 0.25) is 0 Å². The first-order valence-corrected chi connectivity index (χ1v) is 5.10. The Bertz CT molecular complexity index is 304. The Kier molecular flexibility index (Phi) is 3.34. The molecule has 1 aromatic heterocycles. The topological polar surface area (TPSA) is 64.4 Å². The molecule has 5 nitrogen and oxygen atoms in total. The number of carbonyl (C=O) groups excluding carboxylic acids is 1. The summed E-state index contributed by atoms with van der Waals surface area (Å²) in [4.78, 5) is 15.3. The van der Waals surface area contributed by atoms with Crippen molar-refractivity contribution < 1.29 is 13.9 Å². The number of rotatable bonds is 4. The fourth-order valence-electron chi connectivity index (χ4n) is 1.58. The van der Waals surface area contributed by atoms with E-state index in [1.807, 2.05) is 0 Å². The van der Waals surface area contributed by atoms with Gasteiger partial charge in [0.25, 0.3) is 0 Å². The summed E-state index contributed by atoms with van der Waals surface area (Å²) < 4.78 is 10.2. The average molecular weight is 210 g/mol. The van der Waals surface area contributed by atoms with E-state index in [9.17, 15) is 4.79 Å². The monoisotopic (exact) mass is 210 g/mol. The van der Waals surface area contributed by atoms with Crippen molar-refractivity contribution in [3.05, 3.63) is 18.4 Å². The largest absolute Gasteiger partial charge is 0.451 e. The van der Waals surface area contributed by atoms with Gasteiger partial charge in [-0.1, -0.05) is 0 Å². The quantitative estimate of drug-likeness (QED) is 0.786. The molecule has 0 aliphatic carbocycles. The molecule has 2 heterocycles. The van der Waals surface area contributed by atoms with Gasteiger partial charge in [-0.2, -0.15) is 0 Å². The minimum atomic E-state index is -0.0422. The van der Waals surface area contributed by atoms with Crippen LogP contribution in [0.5, 0.6) is 0 Å². The summed E-state index contributed by atoms with van der Waals surface area (Å²) in [6.45, 7) is 1.40. The molecule has 0 bridgehead atoms. The highest BCUT2D eigenvalue weighted by atomic mass is 16.5. The molecule has 1 unspecified atom stereocenters. The number of oxazole rings is 1. The van der Waals surface area contributed by atoms with Crippen molar-refractivity contribution in [2.45, 2.75) is 25.4 Å². The Hall–Kier alpha value is -1.36. The van der Waals surface area contributed by atoms with E-state index < -0.39 is 0 Å². The Morgan fingerprint density at radius 2 is 2.60 bits per heavy atom. The molecule has 1 aliphatic heterocycles. The molecule has 0 aromatic carbocycles. The molecule has 1 N–H and O–H groups in total. The summed E-state index contributed by atoms with van der Waals surface area (Å²) in [6, 6.07) is 0. The van der Waals surface area contributed by atoms with Crippen LogP contribution in [0.15, 0.2) is 17.1 Å². The number of nitrogens with one attached hydrogen (secondary N) is 1. The van der Waals surface area contributed by atoms with Gasteiger partial charge >= 0.3 is 0 Å². The number of amides is 1. The third-order valence-electron chi connectivity index (χ3n) is 2.38. The molecule has 5 heteroatoms. The molecule has 0 saturated carbocycles. The van der Waals surface area contributed by atoms with Gasteiger partial charge in [-0.25, -0.2) is 4.98 Å². The summed E-state index contributed by atoms with van der Waals surface area (Å²) in [6.07, 6.45) is 5.37. The number of nitrogens with zero attached hydrogens (tertiary/aromatic N) is 1. The van der Waals surface area contributed by atoms with Crippen LogP contribution in [0.4, 0.5) is 0 Å². The minimum absolute atomic E-state index is 0.0422. The van der Waals surface area contributed by atoms with Crippen LogP contribution in [0.25, 0.3) is 0 Å². The molecule has 1 atom stereocenters. The fraction of sp³-hybridized carbons (Fsp3) is 0.600. The molecule has 0 spiro atoms. The molecular weight excluding hydrogens is 196 g/mol. The number of hydrogen-bond donors (Lipinski definition) is 1. The lowest BCUT2D eigenvalue weighted by Crippen LogP contribution is -2.32. The molecule has 1 aromatic rings. The van der Waals surface area contributed by atoms with Crippen LogP contribution in [0.1, 0.15) is 18.5 Å². The lowest BCUT2D eigenvalue weighted by atomic mass is 10.2. The Morgan fingerprint density at radius 3 is 3.27 bits per heavy atom. The molecule has 2 rings (SSSR count). The highest BCUT2D eigenvalue weighted by Crippen LogP contribution is 2.10. The second-order valence-electron chi connectivity index (χ2n) is 3.60. The number of ether oxygens (including phenoxy) is 1. The smallest absolute Gasteiger partial charge is 0.226 e. The minimum Gasteiger partial charge on any atom is -0.451 e. The van der Waals surface area contributed by atoms with Crippen molar-refractivity contribution in [1.82, 2.24) is 10.3 Å². The zero-order chi connectivity index (χ0) is 10.5. The summed E-state index contributed by atoms with van der Waals surface area (Å²) in [7, 11) is 0. The van der Waals surface area contributed by atoms with Crippen molar-refractivity contribution >= 4 is 5.91 Å². The van der Waals surface area contributed by atoms with Crippen molar-refractivity contribution in [2.24, 2.45) is 0 Å². The van der Waals surface area contributed by atoms with E-state index in [0.29, 0.717) is 12.2 Å². The number of carbonyl (C=O) groups is 1. The second kappa shape index (κ2) is 4.93. The van der Waals surface area contributed by atoms with Crippen LogP contribution in [-0.4, -0.2) is 30.1 Å². The summed E-state index contributed by atoms with van der Waals surface area (Å²) >= 11 is 0. The molecule has 1 amide bonds. The van der Waals surface area contributed by atoms with Gasteiger partial charge in [0.2, 0.25) is 5.91 Å². The van der Waals surface area contributed by atoms with E-state index in [-0.39, 0.29) is 18.4 Å². The zero-order valence-electron chi connectivity index (χ0n) is 8.44. The summed E-state index contributed by atoms with van der Waals surface area (Å²) in [5.74, 6) is -0.0422. The average Bonchev–Trinajstić information content (AvgIpc) is 2.86. The highest BCUT2D eigenvalue weighted by molar-refractivity contribution is 5.77. The first kappa shape index (κ1) is 10.2. The van der Waals surface area contributed by atoms with Crippen LogP contribution < -0.4 is 5.32 Å². The van der Waals surface area contributed by atoms with Crippen LogP contribution >= 0.6 is 0 Å². The first-order valence-electron chi connectivity index (χ1n) is 5.10. The van der Waals surface area contributed by atoms with Gasteiger partial charge in [-0.05, 0) is 12.8 Å². The van der Waals surface area contributed by atoms with Crippen molar-refractivity contribution in [3.63, 3.8) is 0 Å². The lowest BCUT2D eigenvalue weighted by Gasteiger charge is -2.09. The number of hydrogen-bond acceptors (Lipinski definition) is 4. The molecule has 15 heavy (non-hydrogen) atoms. The van der Waals surface area contributed by atoms with E-state index in [2.05, 4.69) is 10.3 Å². The van der Waals surface area contributed by atoms with E-state index in [1.54, 1.807) is 0 Å². The first-order chi connectivity index (χ1) is 7.34. The van der Waals surface area contributed by atoms with E-state index in [0.717, 1.165) is 19.4 Å².